The number of halogens is 1. The fraction of sp³-hybridized carbons (Fsp3) is 0.227. The standard InChI is InChI=1S/C22H20FN7O/c1-2-24-21-18-15(10-26-22(18)28-11-27-21)19(31)14-6-8-17(30-20(14)23)29-13-5-7-16(25-9-13)12-3-4-12/h5-12H,2-4H2,1H3,(H,29,30)(H2,24,26,27,28). The maximum Gasteiger partial charge on any atom is 0.226 e. The van der Waals surface area contributed by atoms with Gasteiger partial charge in [-0.05, 0) is 44.0 Å². The van der Waals surface area contributed by atoms with Crippen molar-refractivity contribution in [3.05, 3.63) is 65.8 Å². The van der Waals surface area contributed by atoms with Gasteiger partial charge in [-0.1, -0.05) is 0 Å². The molecule has 9 heteroatoms. The molecule has 5 rings (SSSR count). The van der Waals surface area contributed by atoms with Crippen LogP contribution in [-0.4, -0.2) is 37.2 Å². The average Bonchev–Trinajstić information content (AvgIpc) is 3.53. The SMILES string of the molecule is CCNc1ncnc2[nH]cc(C(=O)c3ccc(Nc4ccc(C5CC5)nc4)nc3F)c12. The van der Waals surface area contributed by atoms with Crippen molar-refractivity contribution in [2.75, 3.05) is 17.2 Å². The molecule has 0 bridgehead atoms. The van der Waals surface area contributed by atoms with Gasteiger partial charge in [0.05, 0.1) is 28.4 Å². The summed E-state index contributed by atoms with van der Waals surface area (Å²) in [5.74, 6) is 0.0374. The lowest BCUT2D eigenvalue weighted by Gasteiger charge is -2.08. The fourth-order valence-electron chi connectivity index (χ4n) is 3.51. The maximum absolute atomic E-state index is 14.8. The Labute approximate surface area is 177 Å². The van der Waals surface area contributed by atoms with Gasteiger partial charge in [0, 0.05) is 24.4 Å². The Morgan fingerprint density at radius 3 is 2.74 bits per heavy atom. The number of nitrogens with one attached hydrogen (secondary N) is 3. The molecular weight excluding hydrogens is 397 g/mol. The molecule has 4 heterocycles. The van der Waals surface area contributed by atoms with Crippen molar-refractivity contribution in [1.29, 1.82) is 0 Å². The smallest absolute Gasteiger partial charge is 0.226 e. The Morgan fingerprint density at radius 2 is 2.03 bits per heavy atom. The minimum atomic E-state index is -0.853. The second-order valence-corrected chi connectivity index (χ2v) is 7.41. The highest BCUT2D eigenvalue weighted by molar-refractivity contribution is 6.18. The molecule has 4 aromatic heterocycles. The first-order valence-electron chi connectivity index (χ1n) is 10.1. The summed E-state index contributed by atoms with van der Waals surface area (Å²) < 4.78 is 14.8. The third-order valence-electron chi connectivity index (χ3n) is 5.21. The Bertz CT molecular complexity index is 1260. The number of aromatic amines is 1. The average molecular weight is 417 g/mol. The molecule has 1 aliphatic rings. The van der Waals surface area contributed by atoms with Crippen molar-refractivity contribution < 1.29 is 9.18 Å². The molecule has 156 valence electrons. The van der Waals surface area contributed by atoms with Crippen molar-refractivity contribution in [2.24, 2.45) is 0 Å². The van der Waals surface area contributed by atoms with Crippen molar-refractivity contribution >= 4 is 34.1 Å². The van der Waals surface area contributed by atoms with E-state index >= 15 is 0 Å². The lowest BCUT2D eigenvalue weighted by atomic mass is 10.0. The van der Waals surface area contributed by atoms with Crippen molar-refractivity contribution in [3.8, 4) is 0 Å². The first kappa shape index (κ1) is 19.1. The van der Waals surface area contributed by atoms with Gasteiger partial charge in [-0.25, -0.2) is 15.0 Å². The van der Waals surface area contributed by atoms with Gasteiger partial charge in [0.15, 0.2) is 5.78 Å². The summed E-state index contributed by atoms with van der Waals surface area (Å²) in [6.07, 6.45) is 6.99. The molecule has 1 saturated carbocycles. The second kappa shape index (κ2) is 7.75. The highest BCUT2D eigenvalue weighted by atomic mass is 19.1. The van der Waals surface area contributed by atoms with Gasteiger partial charge in [-0.3, -0.25) is 9.78 Å². The molecule has 0 atom stereocenters. The van der Waals surface area contributed by atoms with Crippen LogP contribution in [0.4, 0.5) is 21.7 Å². The van der Waals surface area contributed by atoms with Crippen molar-refractivity contribution in [1.82, 2.24) is 24.9 Å². The van der Waals surface area contributed by atoms with Gasteiger partial charge in [0.1, 0.15) is 23.6 Å². The molecule has 0 radical (unpaired) electrons. The van der Waals surface area contributed by atoms with E-state index in [4.69, 9.17) is 0 Å². The molecule has 8 nitrogen and oxygen atoms in total. The number of carbonyl (C=O) groups is 1. The van der Waals surface area contributed by atoms with Gasteiger partial charge >= 0.3 is 0 Å². The zero-order valence-electron chi connectivity index (χ0n) is 16.8. The highest BCUT2D eigenvalue weighted by Gasteiger charge is 2.25. The number of carbonyl (C=O) groups excluding carboxylic acids is 1. The number of fused-ring (bicyclic) bond motifs is 1. The van der Waals surface area contributed by atoms with Crippen LogP contribution in [0.1, 0.15) is 47.3 Å². The predicted octanol–water partition coefficient (Wildman–Crippen LogP) is 4.17. The van der Waals surface area contributed by atoms with E-state index in [9.17, 15) is 9.18 Å². The topological polar surface area (TPSA) is 108 Å². The van der Waals surface area contributed by atoms with Crippen LogP contribution in [-0.2, 0) is 0 Å². The molecule has 1 aliphatic carbocycles. The molecule has 1 fully saturated rings. The second-order valence-electron chi connectivity index (χ2n) is 7.41. The summed E-state index contributed by atoms with van der Waals surface area (Å²) >= 11 is 0. The number of anilines is 3. The molecule has 0 saturated heterocycles. The quantitative estimate of drug-likeness (QED) is 0.306. The Hall–Kier alpha value is -3.88. The van der Waals surface area contributed by atoms with Gasteiger partial charge in [0.2, 0.25) is 5.95 Å². The summed E-state index contributed by atoms with van der Waals surface area (Å²) in [5.41, 5.74) is 2.44. The van der Waals surface area contributed by atoms with Gasteiger partial charge in [-0.15, -0.1) is 0 Å². The molecule has 0 aromatic carbocycles. The predicted molar refractivity (Wildman–Crippen MR) is 115 cm³/mol. The minimum Gasteiger partial charge on any atom is -0.370 e. The van der Waals surface area contributed by atoms with E-state index < -0.39 is 11.7 Å². The minimum absolute atomic E-state index is 0.125. The number of rotatable bonds is 7. The lowest BCUT2D eigenvalue weighted by molar-refractivity contribution is 0.103. The largest absolute Gasteiger partial charge is 0.370 e. The van der Waals surface area contributed by atoms with E-state index in [1.54, 1.807) is 12.3 Å². The third kappa shape index (κ3) is 3.70. The zero-order chi connectivity index (χ0) is 21.4. The van der Waals surface area contributed by atoms with Crippen LogP contribution in [0.15, 0.2) is 43.0 Å². The number of aromatic nitrogens is 5. The molecular formula is C22H20FN7O. The monoisotopic (exact) mass is 417 g/mol. The molecule has 0 spiro atoms. The third-order valence-corrected chi connectivity index (χ3v) is 5.21. The summed E-state index contributed by atoms with van der Waals surface area (Å²) in [6.45, 7) is 2.55. The van der Waals surface area contributed by atoms with E-state index in [-0.39, 0.29) is 11.1 Å². The summed E-state index contributed by atoms with van der Waals surface area (Å²) in [7, 11) is 0. The zero-order valence-corrected chi connectivity index (χ0v) is 16.8. The van der Waals surface area contributed by atoms with Crippen LogP contribution in [0.25, 0.3) is 11.0 Å². The van der Waals surface area contributed by atoms with Crippen LogP contribution in [0.2, 0.25) is 0 Å². The molecule has 0 unspecified atom stereocenters. The number of hydrogen-bond donors (Lipinski definition) is 3. The summed E-state index contributed by atoms with van der Waals surface area (Å²) in [4.78, 5) is 32.7. The van der Waals surface area contributed by atoms with Crippen LogP contribution >= 0.6 is 0 Å². The number of ketones is 1. The van der Waals surface area contributed by atoms with Crippen LogP contribution in [0, 0.1) is 5.95 Å². The summed E-state index contributed by atoms with van der Waals surface area (Å²) in [6, 6.07) is 6.86. The highest BCUT2D eigenvalue weighted by Crippen LogP contribution is 2.39. The molecule has 4 aromatic rings. The van der Waals surface area contributed by atoms with Crippen LogP contribution < -0.4 is 10.6 Å². The number of pyridine rings is 2. The van der Waals surface area contributed by atoms with Crippen LogP contribution in [0.5, 0.6) is 0 Å². The van der Waals surface area contributed by atoms with Gasteiger partial charge in [0.25, 0.3) is 0 Å². The van der Waals surface area contributed by atoms with E-state index in [1.807, 2.05) is 19.1 Å². The van der Waals surface area contributed by atoms with Crippen molar-refractivity contribution in [2.45, 2.75) is 25.7 Å². The van der Waals surface area contributed by atoms with E-state index in [2.05, 4.69) is 35.6 Å². The van der Waals surface area contributed by atoms with Crippen molar-refractivity contribution in [3.63, 3.8) is 0 Å². The summed E-state index contributed by atoms with van der Waals surface area (Å²) in [5, 5.41) is 6.65. The molecule has 31 heavy (non-hydrogen) atoms. The maximum atomic E-state index is 14.8. The first-order valence-corrected chi connectivity index (χ1v) is 10.1. The normalized spacial score (nSPS) is 13.4. The Morgan fingerprint density at radius 1 is 1.16 bits per heavy atom. The first-order chi connectivity index (χ1) is 15.1. The molecule has 0 aliphatic heterocycles. The van der Waals surface area contributed by atoms with Crippen LogP contribution in [0.3, 0.4) is 0 Å². The Kier molecular flexibility index (Phi) is 4.78. The van der Waals surface area contributed by atoms with E-state index in [1.165, 1.54) is 31.4 Å². The van der Waals surface area contributed by atoms with E-state index in [0.29, 0.717) is 40.8 Å². The Balaban J connectivity index is 1.41. The van der Waals surface area contributed by atoms with E-state index in [0.717, 1.165) is 5.69 Å². The number of nitrogens with zero attached hydrogens (tertiary/aromatic N) is 4. The fourth-order valence-corrected chi connectivity index (χ4v) is 3.51. The number of H-pyrrole nitrogens is 1. The van der Waals surface area contributed by atoms with Gasteiger partial charge < -0.3 is 15.6 Å². The van der Waals surface area contributed by atoms with Gasteiger partial charge in [-0.2, -0.15) is 4.39 Å². The molecule has 3 N–H and O–H groups in total. The molecule has 0 amide bonds. The lowest BCUT2D eigenvalue weighted by Crippen LogP contribution is -2.08. The number of hydrogen-bond acceptors (Lipinski definition) is 7.